The molecular formula is C73H128O12. The van der Waals surface area contributed by atoms with Crippen molar-refractivity contribution in [3.8, 4) is 0 Å². The van der Waals surface area contributed by atoms with Crippen molar-refractivity contribution in [2.45, 2.75) is 366 Å². The molecule has 1 heterocycles. The van der Waals surface area contributed by atoms with Crippen LogP contribution in [0.4, 0.5) is 0 Å². The lowest BCUT2D eigenvalue weighted by Crippen LogP contribution is -2.61. The summed E-state index contributed by atoms with van der Waals surface area (Å²) in [6, 6.07) is 0. The Kier molecular flexibility index (Phi) is 56.7. The summed E-state index contributed by atoms with van der Waals surface area (Å²) in [5.41, 5.74) is 0. The standard InChI is InChI=1S/C73H128O12/c1-4-7-10-13-16-19-22-25-28-31-33-36-38-41-44-47-50-53-56-59-65(74)81-62-64(83-66(75)60-57-54-51-48-45-42-40-37-34-32-29-26-23-20-17-14-11-8-5-2)63-82-73-71(69(78)68(77)70(85-73)72(79)80)84-67(76)61-58-55-52-49-46-43-39-35-30-27-24-21-18-15-12-9-6-3/h9,12,18,21,25,27-28,30,39,43,64,68-71,73,77-78H,4-8,10-11,13-17,19-20,22-24,26,29,31-38,40-42,44-63H2,1-3H3,(H,79,80)/b12-9-,21-18-,28-25-,30-27-,43-39-. The fourth-order valence-electron chi connectivity index (χ4n) is 10.7. The number of rotatable bonds is 61. The second-order valence-electron chi connectivity index (χ2n) is 24.1. The number of carboxylic acid groups (broad SMARTS) is 1. The maximum Gasteiger partial charge on any atom is 0.335 e. The fraction of sp³-hybridized carbons (Fsp3) is 0.808. The van der Waals surface area contributed by atoms with Gasteiger partial charge in [0.15, 0.2) is 24.6 Å². The zero-order valence-electron chi connectivity index (χ0n) is 54.6. The number of hydrogen-bond acceptors (Lipinski definition) is 11. The van der Waals surface area contributed by atoms with Crippen molar-refractivity contribution in [1.29, 1.82) is 0 Å². The lowest BCUT2D eigenvalue weighted by atomic mass is 9.98. The monoisotopic (exact) mass is 1200 g/mol. The molecule has 12 heteroatoms. The Hall–Kier alpha value is -3.58. The van der Waals surface area contributed by atoms with Crippen molar-refractivity contribution in [2.75, 3.05) is 13.2 Å². The first-order chi connectivity index (χ1) is 41.6. The molecule has 6 atom stereocenters. The van der Waals surface area contributed by atoms with E-state index in [-0.39, 0.29) is 25.9 Å². The highest BCUT2D eigenvalue weighted by Gasteiger charge is 2.50. The van der Waals surface area contributed by atoms with Crippen molar-refractivity contribution in [1.82, 2.24) is 0 Å². The van der Waals surface area contributed by atoms with E-state index < -0.39 is 67.3 Å². The molecule has 1 fully saturated rings. The smallest absolute Gasteiger partial charge is 0.335 e. The first kappa shape index (κ1) is 79.4. The van der Waals surface area contributed by atoms with Gasteiger partial charge < -0.3 is 39.0 Å². The van der Waals surface area contributed by atoms with Crippen molar-refractivity contribution in [2.24, 2.45) is 0 Å². The molecule has 0 radical (unpaired) electrons. The van der Waals surface area contributed by atoms with Crippen LogP contribution in [0, 0.1) is 0 Å². The highest BCUT2D eigenvalue weighted by atomic mass is 16.7. The van der Waals surface area contributed by atoms with E-state index in [1.807, 2.05) is 0 Å². The second-order valence-corrected chi connectivity index (χ2v) is 24.1. The van der Waals surface area contributed by atoms with E-state index in [4.69, 9.17) is 23.7 Å². The summed E-state index contributed by atoms with van der Waals surface area (Å²) < 4.78 is 28.6. The summed E-state index contributed by atoms with van der Waals surface area (Å²) in [5, 5.41) is 31.7. The van der Waals surface area contributed by atoms with Gasteiger partial charge in [0.05, 0.1) is 6.61 Å². The van der Waals surface area contributed by atoms with Crippen molar-refractivity contribution < 1.29 is 58.2 Å². The number of aliphatic hydroxyl groups is 2. The molecule has 0 aromatic heterocycles. The van der Waals surface area contributed by atoms with E-state index in [1.54, 1.807) is 0 Å². The number of aliphatic hydroxyl groups excluding tert-OH is 2. The number of hydrogen-bond donors (Lipinski definition) is 3. The molecule has 0 aliphatic carbocycles. The number of ether oxygens (including phenoxy) is 5. The third-order valence-corrected chi connectivity index (χ3v) is 16.1. The van der Waals surface area contributed by atoms with Crippen LogP contribution < -0.4 is 0 Å². The minimum absolute atomic E-state index is 0.0334. The minimum Gasteiger partial charge on any atom is -0.479 e. The third-order valence-electron chi connectivity index (χ3n) is 16.1. The molecule has 1 aliphatic heterocycles. The van der Waals surface area contributed by atoms with Crippen molar-refractivity contribution in [3.63, 3.8) is 0 Å². The first-order valence-electron chi connectivity index (χ1n) is 35.3. The van der Waals surface area contributed by atoms with Crippen LogP contribution in [0.25, 0.3) is 0 Å². The maximum atomic E-state index is 13.3. The molecule has 0 bridgehead atoms. The van der Waals surface area contributed by atoms with Gasteiger partial charge in [0, 0.05) is 19.3 Å². The molecule has 0 spiro atoms. The molecular weight excluding hydrogens is 1070 g/mol. The number of allylic oxidation sites excluding steroid dienone is 10. The average Bonchev–Trinajstić information content (AvgIpc) is 2.83. The molecule has 12 nitrogen and oxygen atoms in total. The predicted octanol–water partition coefficient (Wildman–Crippen LogP) is 19.5. The number of carbonyl (C=O) groups is 4. The average molecular weight is 1200 g/mol. The van der Waals surface area contributed by atoms with Gasteiger partial charge in [-0.2, -0.15) is 0 Å². The van der Waals surface area contributed by atoms with E-state index in [9.17, 15) is 34.5 Å². The van der Waals surface area contributed by atoms with Gasteiger partial charge in [-0.25, -0.2) is 4.79 Å². The van der Waals surface area contributed by atoms with Crippen LogP contribution >= 0.6 is 0 Å². The highest BCUT2D eigenvalue weighted by molar-refractivity contribution is 5.74. The van der Waals surface area contributed by atoms with E-state index in [1.165, 1.54) is 180 Å². The normalized spacial score (nSPS) is 17.8. The topological polar surface area (TPSA) is 175 Å². The predicted molar refractivity (Wildman–Crippen MR) is 349 cm³/mol. The number of aliphatic carboxylic acids is 1. The molecule has 0 aromatic rings. The number of carbonyl (C=O) groups excluding carboxylic acids is 3. The van der Waals surface area contributed by atoms with Crippen LogP contribution in [0.3, 0.4) is 0 Å². The number of esters is 3. The summed E-state index contributed by atoms with van der Waals surface area (Å²) in [7, 11) is 0. The highest BCUT2D eigenvalue weighted by Crippen LogP contribution is 2.27. The zero-order valence-corrected chi connectivity index (χ0v) is 54.6. The van der Waals surface area contributed by atoms with Crippen LogP contribution in [0.2, 0.25) is 0 Å². The molecule has 1 rings (SSSR count). The molecule has 1 aliphatic rings. The SMILES string of the molecule is CC/C=C\C/C=C\C/C=C\C/C=C\CCCCCCC(=O)OC1C(OCC(COC(=O)CCCCCCCCCCC/C=C\CCCCCCCC)OC(=O)CCCCCCCCCCCCCCCCCCCCC)OC(C(=O)O)C(O)C1O. The number of unbranched alkanes of at least 4 members (excludes halogenated alkanes) is 37. The number of carboxylic acids is 1. The minimum atomic E-state index is -1.91. The summed E-state index contributed by atoms with van der Waals surface area (Å²) >= 11 is 0. The van der Waals surface area contributed by atoms with Gasteiger partial charge in [-0.1, -0.05) is 287 Å². The van der Waals surface area contributed by atoms with E-state index in [0.29, 0.717) is 19.3 Å². The Balaban J connectivity index is 2.64. The van der Waals surface area contributed by atoms with Gasteiger partial charge in [-0.3, -0.25) is 14.4 Å². The molecule has 0 saturated carbocycles. The van der Waals surface area contributed by atoms with Crippen molar-refractivity contribution in [3.05, 3.63) is 60.8 Å². The lowest BCUT2D eigenvalue weighted by molar-refractivity contribution is -0.301. The fourth-order valence-corrected chi connectivity index (χ4v) is 10.7. The zero-order chi connectivity index (χ0) is 61.7. The van der Waals surface area contributed by atoms with Crippen LogP contribution in [0.15, 0.2) is 60.8 Å². The molecule has 6 unspecified atom stereocenters. The van der Waals surface area contributed by atoms with Crippen molar-refractivity contribution >= 4 is 23.9 Å². The van der Waals surface area contributed by atoms with Gasteiger partial charge in [0.2, 0.25) is 0 Å². The Bertz CT molecular complexity index is 1710. The Morgan fingerprint density at radius 2 is 0.741 bits per heavy atom. The Morgan fingerprint density at radius 3 is 1.14 bits per heavy atom. The summed E-state index contributed by atoms with van der Waals surface area (Å²) in [6.07, 6.45) is 64.6. The van der Waals surface area contributed by atoms with Crippen LogP contribution in [-0.2, 0) is 42.9 Å². The molecule has 85 heavy (non-hydrogen) atoms. The summed E-state index contributed by atoms with van der Waals surface area (Å²) in [6.45, 7) is 5.93. The van der Waals surface area contributed by atoms with E-state index in [0.717, 1.165) is 89.9 Å². The molecule has 0 aromatic carbocycles. The summed E-state index contributed by atoms with van der Waals surface area (Å²) in [5.74, 6) is -3.12. The quantitative estimate of drug-likeness (QED) is 0.0228. The molecule has 0 amide bonds. The van der Waals surface area contributed by atoms with Gasteiger partial charge in [0.25, 0.3) is 0 Å². The molecule has 3 N–H and O–H groups in total. The van der Waals surface area contributed by atoms with Crippen LogP contribution in [-0.4, -0.2) is 89.2 Å². The van der Waals surface area contributed by atoms with Gasteiger partial charge >= 0.3 is 23.9 Å². The van der Waals surface area contributed by atoms with Crippen LogP contribution in [0.1, 0.15) is 329 Å². The third kappa shape index (κ3) is 50.0. The van der Waals surface area contributed by atoms with E-state index >= 15 is 0 Å². The second kappa shape index (κ2) is 60.7. The largest absolute Gasteiger partial charge is 0.479 e. The molecule has 1 saturated heterocycles. The van der Waals surface area contributed by atoms with E-state index in [2.05, 4.69) is 81.5 Å². The maximum absolute atomic E-state index is 13.3. The van der Waals surface area contributed by atoms with Gasteiger partial charge in [-0.05, 0) is 83.5 Å². The Morgan fingerprint density at radius 1 is 0.400 bits per heavy atom. The van der Waals surface area contributed by atoms with Crippen LogP contribution in [0.5, 0.6) is 0 Å². The van der Waals surface area contributed by atoms with Gasteiger partial charge in [-0.15, -0.1) is 0 Å². The lowest BCUT2D eigenvalue weighted by Gasteiger charge is -2.40. The molecule has 492 valence electrons. The van der Waals surface area contributed by atoms with Gasteiger partial charge in [0.1, 0.15) is 18.8 Å². The first-order valence-corrected chi connectivity index (χ1v) is 35.3. The summed E-state index contributed by atoms with van der Waals surface area (Å²) in [4.78, 5) is 51.5. The Labute approximate surface area is 519 Å².